The molecule has 1 saturated carbocycles. The summed E-state index contributed by atoms with van der Waals surface area (Å²) in [7, 11) is 0. The monoisotopic (exact) mass is 268 g/mol. The highest BCUT2D eigenvalue weighted by atomic mass is 35.5. The van der Waals surface area contributed by atoms with E-state index in [4.69, 9.17) is 16.3 Å². The summed E-state index contributed by atoms with van der Waals surface area (Å²) in [5, 5.41) is 10.8. The van der Waals surface area contributed by atoms with Gasteiger partial charge < -0.3 is 9.84 Å². The lowest BCUT2D eigenvalue weighted by Gasteiger charge is -2.36. The van der Waals surface area contributed by atoms with Gasteiger partial charge in [0.25, 0.3) is 0 Å². The van der Waals surface area contributed by atoms with Gasteiger partial charge >= 0.3 is 0 Å². The summed E-state index contributed by atoms with van der Waals surface area (Å²) in [6.45, 7) is 2.82. The molecule has 18 heavy (non-hydrogen) atoms. The zero-order valence-electron chi connectivity index (χ0n) is 10.8. The number of ether oxygens (including phenoxy) is 1. The van der Waals surface area contributed by atoms with Crippen LogP contribution < -0.4 is 0 Å². The first-order chi connectivity index (χ1) is 8.69. The first kappa shape index (κ1) is 13.9. The third-order valence-electron chi connectivity index (χ3n) is 3.61. The molecule has 0 amide bonds. The number of halogens is 1. The van der Waals surface area contributed by atoms with E-state index in [1.807, 2.05) is 31.2 Å². The molecule has 1 fully saturated rings. The molecule has 1 atom stereocenters. The van der Waals surface area contributed by atoms with Crippen molar-refractivity contribution in [1.29, 1.82) is 0 Å². The maximum atomic E-state index is 10.1. The summed E-state index contributed by atoms with van der Waals surface area (Å²) >= 11 is 6.09. The van der Waals surface area contributed by atoms with Crippen LogP contribution in [0.2, 0.25) is 5.02 Å². The largest absolute Gasteiger partial charge is 0.393 e. The van der Waals surface area contributed by atoms with Crippen molar-refractivity contribution in [1.82, 2.24) is 0 Å². The number of aliphatic hydroxyl groups is 1. The van der Waals surface area contributed by atoms with Crippen LogP contribution in [0.5, 0.6) is 0 Å². The Balaban J connectivity index is 1.73. The van der Waals surface area contributed by atoms with Crippen LogP contribution in [0.15, 0.2) is 24.3 Å². The zero-order valence-corrected chi connectivity index (χ0v) is 11.6. The smallest absolute Gasteiger partial charge is 0.0583 e. The van der Waals surface area contributed by atoms with Crippen molar-refractivity contribution in [2.24, 2.45) is 5.92 Å². The van der Waals surface area contributed by atoms with Gasteiger partial charge in [-0.25, -0.2) is 0 Å². The molecule has 0 radical (unpaired) electrons. The summed E-state index contributed by atoms with van der Waals surface area (Å²) in [5.41, 5.74) is 1.03. The van der Waals surface area contributed by atoms with Crippen LogP contribution in [0, 0.1) is 5.92 Å². The van der Waals surface area contributed by atoms with Gasteiger partial charge in [0.05, 0.1) is 12.2 Å². The lowest BCUT2D eigenvalue weighted by Crippen LogP contribution is -2.34. The molecule has 100 valence electrons. The fourth-order valence-electron chi connectivity index (χ4n) is 2.62. The summed E-state index contributed by atoms with van der Waals surface area (Å²) < 4.78 is 5.52. The maximum Gasteiger partial charge on any atom is 0.0583 e. The van der Waals surface area contributed by atoms with Crippen LogP contribution in [0.3, 0.4) is 0 Å². The van der Waals surface area contributed by atoms with E-state index in [-0.39, 0.29) is 6.10 Å². The molecule has 0 heterocycles. The van der Waals surface area contributed by atoms with Crippen LogP contribution in [-0.4, -0.2) is 23.9 Å². The van der Waals surface area contributed by atoms with Crippen molar-refractivity contribution in [2.45, 2.75) is 44.8 Å². The van der Waals surface area contributed by atoms with Crippen molar-refractivity contribution in [3.05, 3.63) is 34.9 Å². The highest BCUT2D eigenvalue weighted by molar-refractivity contribution is 6.31. The number of aliphatic hydroxyl groups excluding tert-OH is 1. The first-order valence-electron chi connectivity index (χ1n) is 6.72. The average Bonchev–Trinajstić information content (AvgIpc) is 2.29. The van der Waals surface area contributed by atoms with Gasteiger partial charge in [-0.05, 0) is 50.2 Å². The van der Waals surface area contributed by atoms with Crippen molar-refractivity contribution in [2.75, 3.05) is 6.61 Å². The first-order valence-corrected chi connectivity index (χ1v) is 7.10. The lowest BCUT2D eigenvalue weighted by molar-refractivity contribution is -0.0375. The summed E-state index contributed by atoms with van der Waals surface area (Å²) in [6.07, 6.45) is 3.82. The van der Waals surface area contributed by atoms with Gasteiger partial charge in [-0.2, -0.15) is 0 Å². The third kappa shape index (κ3) is 3.71. The van der Waals surface area contributed by atoms with E-state index >= 15 is 0 Å². The van der Waals surface area contributed by atoms with Crippen LogP contribution in [0.1, 0.15) is 31.7 Å². The molecule has 1 aromatic rings. The second-order valence-electron chi connectivity index (χ2n) is 5.10. The van der Waals surface area contributed by atoms with Crippen molar-refractivity contribution in [3.8, 4) is 0 Å². The molecular formula is C15H21ClO2. The maximum absolute atomic E-state index is 10.1. The van der Waals surface area contributed by atoms with E-state index in [1.165, 1.54) is 0 Å². The number of hydrogen-bond acceptors (Lipinski definition) is 2. The molecule has 0 aliphatic heterocycles. The van der Waals surface area contributed by atoms with Gasteiger partial charge in [0.15, 0.2) is 0 Å². The van der Waals surface area contributed by atoms with E-state index in [0.717, 1.165) is 36.5 Å². The molecule has 1 aliphatic carbocycles. The van der Waals surface area contributed by atoms with Gasteiger partial charge in [-0.3, -0.25) is 0 Å². The number of rotatable bonds is 6. The number of benzene rings is 1. The van der Waals surface area contributed by atoms with Crippen molar-refractivity contribution in [3.63, 3.8) is 0 Å². The molecule has 0 bridgehead atoms. The predicted octanol–water partition coefficient (Wildman–Crippen LogP) is 3.45. The molecule has 0 aromatic heterocycles. The molecule has 1 aromatic carbocycles. The van der Waals surface area contributed by atoms with Crippen molar-refractivity contribution < 1.29 is 9.84 Å². The Hall–Kier alpha value is -0.570. The van der Waals surface area contributed by atoms with Crippen LogP contribution in [-0.2, 0) is 11.2 Å². The van der Waals surface area contributed by atoms with Crippen LogP contribution >= 0.6 is 11.6 Å². The van der Waals surface area contributed by atoms with Gasteiger partial charge in [0.1, 0.15) is 0 Å². The van der Waals surface area contributed by atoms with E-state index in [0.29, 0.717) is 18.4 Å². The Morgan fingerprint density at radius 1 is 1.39 bits per heavy atom. The van der Waals surface area contributed by atoms with Gasteiger partial charge in [0.2, 0.25) is 0 Å². The summed E-state index contributed by atoms with van der Waals surface area (Å²) in [6, 6.07) is 7.73. The van der Waals surface area contributed by atoms with E-state index < -0.39 is 0 Å². The average molecular weight is 269 g/mol. The molecule has 0 saturated heterocycles. The second-order valence-corrected chi connectivity index (χ2v) is 5.51. The minimum Gasteiger partial charge on any atom is -0.393 e. The van der Waals surface area contributed by atoms with Gasteiger partial charge in [-0.15, -0.1) is 0 Å². The van der Waals surface area contributed by atoms with Crippen LogP contribution in [0.4, 0.5) is 0 Å². The fraction of sp³-hybridized carbons (Fsp3) is 0.600. The molecular weight excluding hydrogens is 248 g/mol. The van der Waals surface area contributed by atoms with E-state index in [1.54, 1.807) is 0 Å². The standard InChI is InChI=1S/C15H21ClO2/c1-2-18-14-8-11(9-14)7-13(17)10-12-5-3-4-6-15(12)16/h3-6,11,13-14,17H,2,7-10H2,1H3. The SMILES string of the molecule is CCOC1CC(CC(O)Cc2ccccc2Cl)C1. The molecule has 2 rings (SSSR count). The predicted molar refractivity (Wildman–Crippen MR) is 73.9 cm³/mol. The highest BCUT2D eigenvalue weighted by Crippen LogP contribution is 2.34. The Morgan fingerprint density at radius 3 is 2.78 bits per heavy atom. The van der Waals surface area contributed by atoms with Crippen molar-refractivity contribution >= 4 is 11.6 Å². The van der Waals surface area contributed by atoms with Gasteiger partial charge in [-0.1, -0.05) is 29.8 Å². The zero-order chi connectivity index (χ0) is 13.0. The Bertz CT molecular complexity index is 375. The minimum atomic E-state index is -0.294. The van der Waals surface area contributed by atoms with E-state index in [2.05, 4.69) is 0 Å². The van der Waals surface area contributed by atoms with E-state index in [9.17, 15) is 5.11 Å². The Kier molecular flexibility index (Phi) is 5.04. The lowest BCUT2D eigenvalue weighted by atomic mass is 9.78. The topological polar surface area (TPSA) is 29.5 Å². The summed E-state index contributed by atoms with van der Waals surface area (Å²) in [4.78, 5) is 0. The molecule has 1 unspecified atom stereocenters. The molecule has 3 heteroatoms. The van der Waals surface area contributed by atoms with Gasteiger partial charge in [0, 0.05) is 11.6 Å². The Morgan fingerprint density at radius 2 is 2.11 bits per heavy atom. The normalized spacial score (nSPS) is 24.6. The van der Waals surface area contributed by atoms with Crippen LogP contribution in [0.25, 0.3) is 0 Å². The highest BCUT2D eigenvalue weighted by Gasteiger charge is 2.30. The summed E-state index contributed by atoms with van der Waals surface area (Å²) in [5.74, 6) is 0.610. The second kappa shape index (κ2) is 6.55. The Labute approximate surface area is 114 Å². The number of hydrogen-bond donors (Lipinski definition) is 1. The molecule has 1 N–H and O–H groups in total. The third-order valence-corrected chi connectivity index (χ3v) is 3.98. The molecule has 0 spiro atoms. The quantitative estimate of drug-likeness (QED) is 0.856. The fourth-order valence-corrected chi connectivity index (χ4v) is 2.84. The minimum absolute atomic E-state index is 0.294. The molecule has 2 nitrogen and oxygen atoms in total. The molecule has 1 aliphatic rings.